The number of carbonyl (C=O) groups excluding carboxylic acids is 2. The van der Waals surface area contributed by atoms with Gasteiger partial charge in [0, 0.05) is 12.2 Å². The van der Waals surface area contributed by atoms with Gasteiger partial charge in [0.25, 0.3) is 0 Å². The molecule has 2 aromatic rings. The van der Waals surface area contributed by atoms with Gasteiger partial charge < -0.3 is 15.4 Å². The smallest absolute Gasteiger partial charge is 0.228 e. The lowest BCUT2D eigenvalue weighted by Crippen LogP contribution is -2.28. The summed E-state index contributed by atoms with van der Waals surface area (Å²) in [4.78, 5) is 24.4. The summed E-state index contributed by atoms with van der Waals surface area (Å²) >= 11 is 0. The van der Waals surface area contributed by atoms with Crippen LogP contribution in [0.3, 0.4) is 0 Å². The highest BCUT2D eigenvalue weighted by atomic mass is 16.5. The van der Waals surface area contributed by atoms with Crippen molar-refractivity contribution in [3.8, 4) is 5.75 Å². The fourth-order valence-corrected chi connectivity index (χ4v) is 3.10. The molecule has 1 aliphatic carbocycles. The molecule has 1 saturated carbocycles. The van der Waals surface area contributed by atoms with Gasteiger partial charge in [0.15, 0.2) is 0 Å². The standard InChI is InChI=1S/C23H28N2O3/c1-2-3-7-14-24-22(26)20-15-21(20)23(27)25-18-10-12-19(13-11-18)28-16-17-8-5-4-6-9-17/h4-6,8-13,20-21H,2-3,7,14-16H2,1H3,(H,24,26)(H,25,27). The average molecular weight is 380 g/mol. The van der Waals surface area contributed by atoms with Crippen molar-refractivity contribution in [3.63, 3.8) is 0 Å². The second-order valence-corrected chi connectivity index (χ2v) is 7.23. The Morgan fingerprint density at radius 2 is 1.68 bits per heavy atom. The van der Waals surface area contributed by atoms with Gasteiger partial charge in [-0.3, -0.25) is 9.59 Å². The lowest BCUT2D eigenvalue weighted by molar-refractivity contribution is -0.125. The van der Waals surface area contributed by atoms with E-state index in [1.54, 1.807) is 0 Å². The van der Waals surface area contributed by atoms with Gasteiger partial charge in [-0.25, -0.2) is 0 Å². The summed E-state index contributed by atoms with van der Waals surface area (Å²) in [5.74, 6) is 0.250. The predicted octanol–water partition coefficient (Wildman–Crippen LogP) is 4.15. The summed E-state index contributed by atoms with van der Waals surface area (Å²) in [6.45, 7) is 3.33. The first-order valence-corrected chi connectivity index (χ1v) is 10.0. The quantitative estimate of drug-likeness (QED) is 0.609. The van der Waals surface area contributed by atoms with Gasteiger partial charge in [0.05, 0.1) is 11.8 Å². The van der Waals surface area contributed by atoms with E-state index in [-0.39, 0.29) is 23.7 Å². The molecule has 2 amide bonds. The highest BCUT2D eigenvalue weighted by molar-refractivity contribution is 5.99. The van der Waals surface area contributed by atoms with Crippen LogP contribution < -0.4 is 15.4 Å². The number of hydrogen-bond donors (Lipinski definition) is 2. The van der Waals surface area contributed by atoms with E-state index < -0.39 is 0 Å². The molecule has 0 aliphatic heterocycles. The largest absolute Gasteiger partial charge is 0.489 e. The number of benzene rings is 2. The van der Waals surface area contributed by atoms with Crippen LogP contribution >= 0.6 is 0 Å². The first kappa shape index (κ1) is 19.9. The second-order valence-electron chi connectivity index (χ2n) is 7.23. The van der Waals surface area contributed by atoms with E-state index in [4.69, 9.17) is 4.74 Å². The van der Waals surface area contributed by atoms with Crippen LogP contribution in [0.15, 0.2) is 54.6 Å². The van der Waals surface area contributed by atoms with Crippen LogP contribution in [0.2, 0.25) is 0 Å². The molecule has 5 nitrogen and oxygen atoms in total. The number of rotatable bonds is 10. The van der Waals surface area contributed by atoms with E-state index in [9.17, 15) is 9.59 Å². The third-order valence-electron chi connectivity index (χ3n) is 4.91. The van der Waals surface area contributed by atoms with Crippen molar-refractivity contribution in [1.29, 1.82) is 0 Å². The van der Waals surface area contributed by atoms with Crippen LogP contribution in [0.25, 0.3) is 0 Å². The van der Waals surface area contributed by atoms with E-state index in [1.165, 1.54) is 0 Å². The van der Waals surface area contributed by atoms with Crippen LogP contribution in [0.5, 0.6) is 5.75 Å². The topological polar surface area (TPSA) is 67.4 Å². The zero-order valence-electron chi connectivity index (χ0n) is 16.3. The van der Waals surface area contributed by atoms with Gasteiger partial charge in [-0.05, 0) is 42.7 Å². The SMILES string of the molecule is CCCCCNC(=O)C1CC1C(=O)Nc1ccc(OCc2ccccc2)cc1. The third-order valence-corrected chi connectivity index (χ3v) is 4.91. The van der Waals surface area contributed by atoms with Crippen molar-refractivity contribution >= 4 is 17.5 Å². The van der Waals surface area contributed by atoms with Crippen molar-refractivity contribution in [2.75, 3.05) is 11.9 Å². The molecule has 0 radical (unpaired) electrons. The average Bonchev–Trinajstić information content (AvgIpc) is 3.53. The van der Waals surface area contributed by atoms with Crippen molar-refractivity contribution in [2.24, 2.45) is 11.8 Å². The summed E-state index contributed by atoms with van der Waals surface area (Å²) in [6.07, 6.45) is 3.86. The minimum Gasteiger partial charge on any atom is -0.489 e. The zero-order valence-corrected chi connectivity index (χ0v) is 16.3. The van der Waals surface area contributed by atoms with Crippen LogP contribution in [-0.4, -0.2) is 18.4 Å². The van der Waals surface area contributed by atoms with E-state index in [0.29, 0.717) is 25.3 Å². The van der Waals surface area contributed by atoms with Gasteiger partial charge >= 0.3 is 0 Å². The van der Waals surface area contributed by atoms with Gasteiger partial charge in [0.1, 0.15) is 12.4 Å². The predicted molar refractivity (Wildman–Crippen MR) is 110 cm³/mol. The highest BCUT2D eigenvalue weighted by Gasteiger charge is 2.47. The molecule has 28 heavy (non-hydrogen) atoms. The molecular formula is C23H28N2O3. The van der Waals surface area contributed by atoms with Crippen LogP contribution in [0.1, 0.15) is 38.2 Å². The normalized spacial score (nSPS) is 17.6. The van der Waals surface area contributed by atoms with Gasteiger partial charge in [0.2, 0.25) is 11.8 Å². The Balaban J connectivity index is 1.40. The second kappa shape index (κ2) is 9.93. The molecular weight excluding hydrogens is 352 g/mol. The number of anilines is 1. The number of hydrogen-bond acceptors (Lipinski definition) is 3. The van der Waals surface area contributed by atoms with Crippen molar-refractivity contribution < 1.29 is 14.3 Å². The maximum absolute atomic E-state index is 12.3. The summed E-state index contributed by atoms with van der Waals surface area (Å²) < 4.78 is 5.75. The lowest BCUT2D eigenvalue weighted by atomic mass is 10.2. The van der Waals surface area contributed by atoms with Gasteiger partial charge in [-0.15, -0.1) is 0 Å². The summed E-state index contributed by atoms with van der Waals surface area (Å²) in [5, 5.41) is 5.82. The highest BCUT2D eigenvalue weighted by Crippen LogP contribution is 2.39. The lowest BCUT2D eigenvalue weighted by Gasteiger charge is -2.09. The summed E-state index contributed by atoms with van der Waals surface area (Å²) in [6, 6.07) is 17.3. The monoisotopic (exact) mass is 380 g/mol. The van der Waals surface area contributed by atoms with Gasteiger partial charge in [-0.1, -0.05) is 50.1 Å². The summed E-state index contributed by atoms with van der Waals surface area (Å²) in [7, 11) is 0. The molecule has 2 unspecified atom stereocenters. The Morgan fingerprint density at radius 3 is 2.39 bits per heavy atom. The molecule has 3 rings (SSSR count). The Morgan fingerprint density at radius 1 is 0.964 bits per heavy atom. The molecule has 0 aromatic heterocycles. The Kier molecular flexibility index (Phi) is 7.06. The number of nitrogens with one attached hydrogen (secondary N) is 2. The maximum Gasteiger partial charge on any atom is 0.228 e. The van der Waals surface area contributed by atoms with E-state index in [2.05, 4.69) is 17.6 Å². The van der Waals surface area contributed by atoms with E-state index in [0.717, 1.165) is 30.6 Å². The third kappa shape index (κ3) is 5.84. The Hall–Kier alpha value is -2.82. The fourth-order valence-electron chi connectivity index (χ4n) is 3.10. The minimum absolute atomic E-state index is 0.000845. The first-order valence-electron chi connectivity index (χ1n) is 10.0. The molecule has 1 fully saturated rings. The van der Waals surface area contributed by atoms with E-state index in [1.807, 2.05) is 54.6 Å². The zero-order chi connectivity index (χ0) is 19.8. The molecule has 0 heterocycles. The molecule has 5 heteroatoms. The van der Waals surface area contributed by atoms with Gasteiger partial charge in [-0.2, -0.15) is 0 Å². The molecule has 0 saturated heterocycles. The molecule has 2 atom stereocenters. The molecule has 2 N–H and O–H groups in total. The summed E-state index contributed by atoms with van der Waals surface area (Å²) in [5.41, 5.74) is 1.82. The Labute approximate surface area is 166 Å². The first-order chi connectivity index (χ1) is 13.7. The van der Waals surface area contributed by atoms with Crippen molar-refractivity contribution in [1.82, 2.24) is 5.32 Å². The van der Waals surface area contributed by atoms with E-state index >= 15 is 0 Å². The maximum atomic E-state index is 12.3. The number of carbonyl (C=O) groups is 2. The molecule has 0 spiro atoms. The van der Waals surface area contributed by atoms with Crippen LogP contribution in [-0.2, 0) is 16.2 Å². The van der Waals surface area contributed by atoms with Crippen molar-refractivity contribution in [2.45, 2.75) is 39.2 Å². The van der Waals surface area contributed by atoms with Crippen molar-refractivity contribution in [3.05, 3.63) is 60.2 Å². The molecule has 2 aromatic carbocycles. The minimum atomic E-state index is -0.222. The number of unbranched alkanes of at least 4 members (excludes halogenated alkanes) is 2. The Bertz CT molecular complexity index is 774. The fraction of sp³-hybridized carbons (Fsp3) is 0.391. The van der Waals surface area contributed by atoms with Crippen LogP contribution in [0.4, 0.5) is 5.69 Å². The number of ether oxygens (including phenoxy) is 1. The molecule has 148 valence electrons. The molecule has 1 aliphatic rings. The van der Waals surface area contributed by atoms with Crippen LogP contribution in [0, 0.1) is 11.8 Å². The molecule has 0 bridgehead atoms. The number of amides is 2.